The van der Waals surface area contributed by atoms with E-state index in [0.29, 0.717) is 10.6 Å². The van der Waals surface area contributed by atoms with Gasteiger partial charge in [-0.05, 0) is 24.3 Å². The van der Waals surface area contributed by atoms with E-state index in [-0.39, 0.29) is 5.91 Å². The van der Waals surface area contributed by atoms with E-state index in [9.17, 15) is 4.79 Å². The van der Waals surface area contributed by atoms with Gasteiger partial charge in [0.15, 0.2) is 0 Å². The molecule has 1 amide bonds. The van der Waals surface area contributed by atoms with Crippen LogP contribution < -0.4 is 4.90 Å². The predicted molar refractivity (Wildman–Crippen MR) is 97.8 cm³/mol. The minimum Gasteiger partial charge on any atom is -0.268 e. The molecule has 0 saturated carbocycles. The van der Waals surface area contributed by atoms with Crippen molar-refractivity contribution in [1.82, 2.24) is 0 Å². The van der Waals surface area contributed by atoms with Gasteiger partial charge in [-0.15, -0.1) is 0 Å². The quantitative estimate of drug-likeness (QED) is 0.652. The smallest absolute Gasteiger partial charge is 0.263 e. The summed E-state index contributed by atoms with van der Waals surface area (Å²) in [6.45, 7) is 0. The molecule has 0 radical (unpaired) electrons. The molecular formula is C20H15NOS. The average Bonchev–Trinajstić information content (AvgIpc) is 2.64. The van der Waals surface area contributed by atoms with E-state index in [1.54, 1.807) is 17.0 Å². The van der Waals surface area contributed by atoms with Crippen LogP contribution in [0.4, 0.5) is 5.69 Å². The Morgan fingerprint density at radius 2 is 1.09 bits per heavy atom. The van der Waals surface area contributed by atoms with Crippen LogP contribution in [0.2, 0.25) is 0 Å². The van der Waals surface area contributed by atoms with Crippen molar-refractivity contribution >= 4 is 28.8 Å². The van der Waals surface area contributed by atoms with Crippen molar-refractivity contribution in [3.63, 3.8) is 0 Å². The Hall–Kier alpha value is -2.78. The first-order valence-electron chi connectivity index (χ1n) is 7.31. The van der Waals surface area contributed by atoms with E-state index in [2.05, 4.69) is 0 Å². The predicted octanol–water partition coefficient (Wildman–Crippen LogP) is 4.71. The number of para-hydroxylation sites is 1. The summed E-state index contributed by atoms with van der Waals surface area (Å²) in [5, 5.41) is 0. The van der Waals surface area contributed by atoms with Gasteiger partial charge >= 0.3 is 0 Å². The van der Waals surface area contributed by atoms with E-state index in [1.807, 2.05) is 78.9 Å². The van der Waals surface area contributed by atoms with Crippen LogP contribution in [-0.2, 0) is 0 Å². The molecule has 0 aromatic heterocycles. The molecule has 23 heavy (non-hydrogen) atoms. The van der Waals surface area contributed by atoms with Gasteiger partial charge in [-0.2, -0.15) is 0 Å². The summed E-state index contributed by atoms with van der Waals surface area (Å²) in [5.74, 6) is -0.134. The highest BCUT2D eigenvalue weighted by Crippen LogP contribution is 2.20. The van der Waals surface area contributed by atoms with Crippen LogP contribution in [0.3, 0.4) is 0 Å². The van der Waals surface area contributed by atoms with Gasteiger partial charge in [0.1, 0.15) is 4.99 Å². The monoisotopic (exact) mass is 317 g/mol. The molecule has 0 bridgehead atoms. The van der Waals surface area contributed by atoms with Gasteiger partial charge in [0, 0.05) is 11.1 Å². The van der Waals surface area contributed by atoms with Gasteiger partial charge in [0.05, 0.1) is 5.69 Å². The molecule has 3 rings (SSSR count). The Labute approximate surface area is 141 Å². The normalized spacial score (nSPS) is 10.1. The van der Waals surface area contributed by atoms with Crippen molar-refractivity contribution < 1.29 is 4.79 Å². The van der Waals surface area contributed by atoms with Crippen LogP contribution in [0.1, 0.15) is 15.9 Å². The maximum Gasteiger partial charge on any atom is 0.263 e. The van der Waals surface area contributed by atoms with Crippen LogP contribution in [0.5, 0.6) is 0 Å². The molecule has 3 aromatic rings. The van der Waals surface area contributed by atoms with Crippen molar-refractivity contribution in [2.45, 2.75) is 0 Å². The maximum absolute atomic E-state index is 13.0. The Balaban J connectivity index is 2.05. The number of amides is 1. The van der Waals surface area contributed by atoms with Crippen molar-refractivity contribution in [2.75, 3.05) is 4.90 Å². The molecule has 0 atom stereocenters. The topological polar surface area (TPSA) is 20.3 Å². The SMILES string of the molecule is O=C(c1ccccc1)N(C(=S)c1ccccc1)c1ccccc1. The first-order chi connectivity index (χ1) is 11.3. The summed E-state index contributed by atoms with van der Waals surface area (Å²) >= 11 is 5.61. The minimum atomic E-state index is -0.134. The fourth-order valence-electron chi connectivity index (χ4n) is 2.32. The highest BCUT2D eigenvalue weighted by molar-refractivity contribution is 7.81. The van der Waals surface area contributed by atoms with Gasteiger partial charge < -0.3 is 0 Å². The van der Waals surface area contributed by atoms with Crippen LogP contribution in [0, 0.1) is 0 Å². The van der Waals surface area contributed by atoms with Gasteiger partial charge in [-0.3, -0.25) is 9.69 Å². The zero-order valence-electron chi connectivity index (χ0n) is 12.4. The largest absolute Gasteiger partial charge is 0.268 e. The number of hydrogen-bond acceptors (Lipinski definition) is 2. The summed E-state index contributed by atoms with van der Waals surface area (Å²) in [5.41, 5.74) is 2.21. The second-order valence-electron chi connectivity index (χ2n) is 5.01. The minimum absolute atomic E-state index is 0.134. The number of hydrogen-bond donors (Lipinski definition) is 0. The standard InChI is InChI=1S/C20H15NOS/c22-19(16-10-4-1-5-11-16)21(18-14-8-3-9-15-18)20(23)17-12-6-2-7-13-17/h1-15H. The molecule has 0 heterocycles. The van der Waals surface area contributed by atoms with Crippen LogP contribution in [-0.4, -0.2) is 10.9 Å². The lowest BCUT2D eigenvalue weighted by Crippen LogP contribution is -2.36. The number of carbonyl (C=O) groups excluding carboxylic acids is 1. The molecular weight excluding hydrogens is 302 g/mol. The zero-order chi connectivity index (χ0) is 16.1. The third-order valence-corrected chi connectivity index (χ3v) is 3.88. The molecule has 112 valence electrons. The molecule has 3 aromatic carbocycles. The van der Waals surface area contributed by atoms with Crippen LogP contribution in [0.15, 0.2) is 91.0 Å². The third kappa shape index (κ3) is 3.35. The van der Waals surface area contributed by atoms with E-state index in [0.717, 1.165) is 11.3 Å². The Morgan fingerprint density at radius 1 is 0.652 bits per heavy atom. The molecule has 0 aliphatic rings. The number of benzene rings is 3. The van der Waals surface area contributed by atoms with Crippen molar-refractivity contribution in [2.24, 2.45) is 0 Å². The Bertz CT molecular complexity index is 749. The molecule has 2 nitrogen and oxygen atoms in total. The zero-order valence-corrected chi connectivity index (χ0v) is 13.2. The lowest BCUT2D eigenvalue weighted by Gasteiger charge is -2.23. The van der Waals surface area contributed by atoms with Gasteiger partial charge in [-0.25, -0.2) is 0 Å². The van der Waals surface area contributed by atoms with Crippen LogP contribution in [0.25, 0.3) is 0 Å². The molecule has 0 aliphatic carbocycles. The van der Waals surface area contributed by atoms with Crippen LogP contribution >= 0.6 is 12.2 Å². The third-order valence-electron chi connectivity index (χ3n) is 3.46. The summed E-state index contributed by atoms with van der Waals surface area (Å²) in [7, 11) is 0. The molecule has 0 aliphatic heterocycles. The van der Waals surface area contributed by atoms with Crippen molar-refractivity contribution in [1.29, 1.82) is 0 Å². The van der Waals surface area contributed by atoms with Gasteiger partial charge in [0.25, 0.3) is 5.91 Å². The highest BCUT2D eigenvalue weighted by atomic mass is 32.1. The summed E-state index contributed by atoms with van der Waals surface area (Å²) in [4.78, 5) is 15.1. The van der Waals surface area contributed by atoms with E-state index >= 15 is 0 Å². The van der Waals surface area contributed by atoms with E-state index in [1.165, 1.54) is 0 Å². The molecule has 0 unspecified atom stereocenters. The highest BCUT2D eigenvalue weighted by Gasteiger charge is 2.22. The number of nitrogens with zero attached hydrogens (tertiary/aromatic N) is 1. The van der Waals surface area contributed by atoms with Gasteiger partial charge in [0.2, 0.25) is 0 Å². The Morgan fingerprint density at radius 3 is 1.61 bits per heavy atom. The number of rotatable bonds is 3. The lowest BCUT2D eigenvalue weighted by molar-refractivity contribution is 0.100. The molecule has 3 heteroatoms. The first-order valence-corrected chi connectivity index (χ1v) is 7.72. The fraction of sp³-hybridized carbons (Fsp3) is 0. The molecule has 0 N–H and O–H groups in total. The summed E-state index contributed by atoms with van der Waals surface area (Å²) in [6.07, 6.45) is 0. The number of anilines is 1. The Kier molecular flexibility index (Phi) is 4.60. The second kappa shape index (κ2) is 6.99. The van der Waals surface area contributed by atoms with E-state index < -0.39 is 0 Å². The van der Waals surface area contributed by atoms with Gasteiger partial charge in [-0.1, -0.05) is 78.9 Å². The summed E-state index contributed by atoms with van der Waals surface area (Å²) < 4.78 is 0. The van der Waals surface area contributed by atoms with E-state index in [4.69, 9.17) is 12.2 Å². The maximum atomic E-state index is 13.0. The molecule has 0 saturated heterocycles. The fourth-order valence-corrected chi connectivity index (χ4v) is 2.65. The summed E-state index contributed by atoms with van der Waals surface area (Å²) in [6, 6.07) is 28.2. The van der Waals surface area contributed by atoms with Crippen molar-refractivity contribution in [3.8, 4) is 0 Å². The van der Waals surface area contributed by atoms with Crippen molar-refractivity contribution in [3.05, 3.63) is 102 Å². The lowest BCUT2D eigenvalue weighted by atomic mass is 10.1. The molecule has 0 fully saturated rings. The second-order valence-corrected chi connectivity index (χ2v) is 5.40. The number of carbonyl (C=O) groups is 1. The average molecular weight is 317 g/mol. The first kappa shape index (κ1) is 15.1. The number of thiocarbonyl (C=S) groups is 1. The molecule has 0 spiro atoms.